The number of amides is 1. The minimum absolute atomic E-state index is 0.0460. The number of fused-ring (bicyclic) bond motifs is 2. The van der Waals surface area contributed by atoms with E-state index in [-0.39, 0.29) is 30.4 Å². The fourth-order valence-corrected chi connectivity index (χ4v) is 5.01. The number of ether oxygens (including phenoxy) is 2. The number of rotatable bonds is 4. The normalized spacial score (nSPS) is 22.0. The average Bonchev–Trinajstić information content (AvgIpc) is 3.55. The third-order valence-corrected chi connectivity index (χ3v) is 7.00. The molecule has 3 aromatic rings. The Balaban J connectivity index is 1.07. The first-order valence-electron chi connectivity index (χ1n) is 11.5. The smallest absolute Gasteiger partial charge is 0.338 e. The molecule has 3 aliphatic rings. The molecule has 2 aromatic heterocycles. The van der Waals surface area contributed by atoms with Gasteiger partial charge in [-0.2, -0.15) is 4.68 Å². The largest absolute Gasteiger partial charge is 0.457 e. The summed E-state index contributed by atoms with van der Waals surface area (Å²) in [6.07, 6.45) is 4.84. The maximum atomic E-state index is 13.0. The van der Waals surface area contributed by atoms with Crippen LogP contribution in [0.5, 0.6) is 0 Å². The highest BCUT2D eigenvalue weighted by molar-refractivity contribution is 5.94. The van der Waals surface area contributed by atoms with Gasteiger partial charge in [-0.15, -0.1) is 5.10 Å². The van der Waals surface area contributed by atoms with E-state index in [9.17, 15) is 9.59 Å². The van der Waals surface area contributed by atoms with Gasteiger partial charge in [0.2, 0.25) is 5.91 Å². The summed E-state index contributed by atoms with van der Waals surface area (Å²) in [6.45, 7) is 5.74. The van der Waals surface area contributed by atoms with Gasteiger partial charge in [-0.25, -0.2) is 14.8 Å². The van der Waals surface area contributed by atoms with Gasteiger partial charge in [-0.05, 0) is 40.1 Å². The summed E-state index contributed by atoms with van der Waals surface area (Å²) in [4.78, 5) is 37.6. The maximum absolute atomic E-state index is 13.0. The second-order valence-electron chi connectivity index (χ2n) is 9.02. The van der Waals surface area contributed by atoms with E-state index < -0.39 is 0 Å². The topological polar surface area (TPSA) is 128 Å². The number of aromatic nitrogens is 6. The second kappa shape index (κ2) is 8.78. The summed E-state index contributed by atoms with van der Waals surface area (Å²) in [5.74, 6) is 0.145. The van der Waals surface area contributed by atoms with Crippen LogP contribution in [-0.4, -0.2) is 90.7 Å². The van der Waals surface area contributed by atoms with Gasteiger partial charge < -0.3 is 14.4 Å². The van der Waals surface area contributed by atoms with Crippen molar-refractivity contribution in [3.63, 3.8) is 0 Å². The molecule has 2 saturated heterocycles. The van der Waals surface area contributed by atoms with Gasteiger partial charge in [0.05, 0.1) is 30.7 Å². The quantitative estimate of drug-likeness (QED) is 0.484. The zero-order valence-electron chi connectivity index (χ0n) is 19.2. The Morgan fingerprint density at radius 3 is 2.83 bits per heavy atom. The minimum Gasteiger partial charge on any atom is -0.457 e. The van der Waals surface area contributed by atoms with Gasteiger partial charge in [0, 0.05) is 44.1 Å². The molecule has 0 bridgehead atoms. The van der Waals surface area contributed by atoms with Crippen LogP contribution in [0, 0.1) is 6.92 Å². The van der Waals surface area contributed by atoms with E-state index in [0.29, 0.717) is 37.8 Å². The van der Waals surface area contributed by atoms with Crippen molar-refractivity contribution in [1.82, 2.24) is 40.0 Å². The van der Waals surface area contributed by atoms with Crippen LogP contribution in [0.4, 0.5) is 0 Å². The minimum atomic E-state index is -0.255. The van der Waals surface area contributed by atoms with Crippen molar-refractivity contribution in [2.75, 3.05) is 32.8 Å². The SMILES string of the molecule is Cc1c([C@@H]2CN3CCN(C(=O)Cc4cnc(-n5cnnn5)nc4)C[C@@H]3CO2)ccc2c1COC2=O. The zero-order valence-corrected chi connectivity index (χ0v) is 19.2. The van der Waals surface area contributed by atoms with Gasteiger partial charge in [-0.3, -0.25) is 9.69 Å². The van der Waals surface area contributed by atoms with Gasteiger partial charge in [0.15, 0.2) is 0 Å². The molecular formula is C23H24N8O4. The third-order valence-electron chi connectivity index (χ3n) is 7.00. The molecule has 0 saturated carbocycles. The maximum Gasteiger partial charge on any atom is 0.338 e. The van der Waals surface area contributed by atoms with E-state index in [1.54, 1.807) is 12.4 Å². The number of benzene rings is 1. The van der Waals surface area contributed by atoms with Crippen molar-refractivity contribution in [2.45, 2.75) is 32.1 Å². The van der Waals surface area contributed by atoms with E-state index in [4.69, 9.17) is 9.47 Å². The molecule has 12 nitrogen and oxygen atoms in total. The molecule has 180 valence electrons. The van der Waals surface area contributed by atoms with Crippen LogP contribution >= 0.6 is 0 Å². The molecule has 6 rings (SSSR count). The molecular weight excluding hydrogens is 452 g/mol. The molecule has 2 atom stereocenters. The molecule has 3 aliphatic heterocycles. The molecule has 12 heteroatoms. The number of piperazine rings is 1. The first-order chi connectivity index (χ1) is 17.1. The summed E-state index contributed by atoms with van der Waals surface area (Å²) in [5, 5.41) is 10.9. The molecule has 1 aromatic carbocycles. The number of esters is 1. The second-order valence-corrected chi connectivity index (χ2v) is 9.02. The van der Waals surface area contributed by atoms with E-state index in [1.165, 1.54) is 11.0 Å². The highest BCUT2D eigenvalue weighted by Gasteiger charge is 2.36. The van der Waals surface area contributed by atoms with Crippen molar-refractivity contribution >= 4 is 11.9 Å². The van der Waals surface area contributed by atoms with Gasteiger partial charge >= 0.3 is 5.97 Å². The van der Waals surface area contributed by atoms with Crippen LogP contribution in [0.15, 0.2) is 30.9 Å². The molecule has 5 heterocycles. The van der Waals surface area contributed by atoms with E-state index in [2.05, 4.69) is 30.4 Å². The molecule has 0 N–H and O–H groups in total. The van der Waals surface area contributed by atoms with E-state index in [0.717, 1.165) is 35.3 Å². The molecule has 0 aliphatic carbocycles. The molecule has 2 fully saturated rings. The fourth-order valence-electron chi connectivity index (χ4n) is 5.01. The zero-order chi connectivity index (χ0) is 23.9. The molecule has 0 radical (unpaired) electrons. The first-order valence-corrected chi connectivity index (χ1v) is 11.5. The van der Waals surface area contributed by atoms with E-state index in [1.807, 2.05) is 24.0 Å². The number of nitrogens with zero attached hydrogens (tertiary/aromatic N) is 8. The lowest BCUT2D eigenvalue weighted by atomic mass is 9.94. The first kappa shape index (κ1) is 21.7. The third kappa shape index (κ3) is 4.04. The predicted molar refractivity (Wildman–Crippen MR) is 119 cm³/mol. The molecule has 0 spiro atoms. The number of morpholine rings is 1. The average molecular weight is 476 g/mol. The number of carbonyl (C=O) groups excluding carboxylic acids is 2. The lowest BCUT2D eigenvalue weighted by Gasteiger charge is -2.46. The van der Waals surface area contributed by atoms with Crippen LogP contribution in [-0.2, 0) is 27.3 Å². The van der Waals surface area contributed by atoms with Crippen LogP contribution < -0.4 is 0 Å². The predicted octanol–water partition coefficient (Wildman–Crippen LogP) is 0.258. The summed E-state index contributed by atoms with van der Waals surface area (Å²) in [6, 6.07) is 3.98. The van der Waals surface area contributed by atoms with Crippen molar-refractivity contribution in [3.8, 4) is 5.95 Å². The highest BCUT2D eigenvalue weighted by atomic mass is 16.5. The molecule has 1 amide bonds. The van der Waals surface area contributed by atoms with Crippen LogP contribution in [0.25, 0.3) is 5.95 Å². The van der Waals surface area contributed by atoms with Gasteiger partial charge in [0.25, 0.3) is 5.95 Å². The standard InChI is InChI=1S/C23H24N8O4/c1-14-17(2-3-18-19(14)12-35-22(18)33)20-10-29-4-5-30(9-16(29)11-34-20)21(32)6-15-7-24-23(25-8-15)31-13-26-27-28-31/h2-3,7-8,13,16,20H,4-6,9-12H2,1H3/t16-,20+/m1/s1. The summed E-state index contributed by atoms with van der Waals surface area (Å²) >= 11 is 0. The monoisotopic (exact) mass is 476 g/mol. The number of cyclic esters (lactones) is 1. The Hall–Kier alpha value is -3.77. The Morgan fingerprint density at radius 2 is 2.03 bits per heavy atom. The van der Waals surface area contributed by atoms with Crippen LogP contribution in [0.1, 0.15) is 38.7 Å². The number of hydrogen-bond donors (Lipinski definition) is 0. The van der Waals surface area contributed by atoms with E-state index >= 15 is 0 Å². The lowest BCUT2D eigenvalue weighted by Crippen LogP contribution is -2.59. The lowest BCUT2D eigenvalue weighted by molar-refractivity contribution is -0.139. The molecule has 0 unspecified atom stereocenters. The van der Waals surface area contributed by atoms with Gasteiger partial charge in [0.1, 0.15) is 12.9 Å². The number of tetrazole rings is 1. The van der Waals surface area contributed by atoms with Crippen LogP contribution in [0.3, 0.4) is 0 Å². The molecule has 35 heavy (non-hydrogen) atoms. The summed E-state index contributed by atoms with van der Waals surface area (Å²) in [5.41, 5.74) is 4.53. The summed E-state index contributed by atoms with van der Waals surface area (Å²) < 4.78 is 12.8. The Kier molecular flexibility index (Phi) is 5.46. The Morgan fingerprint density at radius 1 is 1.17 bits per heavy atom. The Bertz CT molecular complexity index is 1260. The highest BCUT2D eigenvalue weighted by Crippen LogP contribution is 2.33. The van der Waals surface area contributed by atoms with Crippen molar-refractivity contribution in [1.29, 1.82) is 0 Å². The number of hydrogen-bond acceptors (Lipinski definition) is 10. The van der Waals surface area contributed by atoms with Gasteiger partial charge in [-0.1, -0.05) is 6.07 Å². The van der Waals surface area contributed by atoms with Crippen molar-refractivity contribution < 1.29 is 19.1 Å². The van der Waals surface area contributed by atoms with Crippen LogP contribution in [0.2, 0.25) is 0 Å². The number of carbonyl (C=O) groups is 2. The van der Waals surface area contributed by atoms with Crippen molar-refractivity contribution in [3.05, 3.63) is 58.7 Å². The Labute approximate surface area is 200 Å². The fraction of sp³-hybridized carbons (Fsp3) is 0.435. The van der Waals surface area contributed by atoms with Crippen molar-refractivity contribution in [2.24, 2.45) is 0 Å². The summed E-state index contributed by atoms with van der Waals surface area (Å²) in [7, 11) is 0.